The third-order valence-electron chi connectivity index (χ3n) is 2.04. The largest absolute Gasteiger partial charge is 0.419 e. The minimum Gasteiger partial charge on any atom is -0.330 e. The highest BCUT2D eigenvalue weighted by Gasteiger charge is 2.41. The van der Waals surface area contributed by atoms with Gasteiger partial charge >= 0.3 is 6.18 Å². The van der Waals surface area contributed by atoms with Gasteiger partial charge in [-0.1, -0.05) is 0 Å². The van der Waals surface area contributed by atoms with E-state index < -0.39 is 53.5 Å². The van der Waals surface area contributed by atoms with Crippen molar-refractivity contribution < 1.29 is 30.7 Å². The van der Waals surface area contributed by atoms with Gasteiger partial charge in [0.25, 0.3) is 0 Å². The van der Waals surface area contributed by atoms with E-state index in [4.69, 9.17) is 5.73 Å². The third-order valence-corrected chi connectivity index (χ3v) is 2.04. The van der Waals surface area contributed by atoms with Gasteiger partial charge in [0.05, 0.1) is 0 Å². The molecule has 1 aromatic rings. The molecule has 1 rings (SSSR count). The predicted octanol–water partition coefficient (Wildman–Crippen LogP) is 2.76. The molecule has 0 saturated carbocycles. The van der Waals surface area contributed by atoms with Crippen molar-refractivity contribution in [2.24, 2.45) is 5.73 Å². The van der Waals surface area contributed by atoms with Gasteiger partial charge in [0.15, 0.2) is 23.3 Å². The lowest BCUT2D eigenvalue weighted by Crippen LogP contribution is -2.19. The lowest BCUT2D eigenvalue weighted by atomic mass is 10.0. The number of halogens is 7. The van der Waals surface area contributed by atoms with E-state index in [1.54, 1.807) is 0 Å². The van der Waals surface area contributed by atoms with Crippen molar-refractivity contribution in [1.29, 1.82) is 0 Å². The molecule has 0 amide bonds. The molecule has 0 aliphatic heterocycles. The summed E-state index contributed by atoms with van der Waals surface area (Å²) in [6.45, 7) is -0.468. The molecule has 0 bridgehead atoms. The fourth-order valence-corrected chi connectivity index (χ4v) is 1.35. The number of benzene rings is 1. The van der Waals surface area contributed by atoms with E-state index in [2.05, 4.69) is 0 Å². The summed E-state index contributed by atoms with van der Waals surface area (Å²) in [5, 5.41) is 0. The van der Waals surface area contributed by atoms with Gasteiger partial charge in [-0.3, -0.25) is 0 Å². The topological polar surface area (TPSA) is 26.0 Å². The maximum atomic E-state index is 13.1. The molecule has 8 heteroatoms. The van der Waals surface area contributed by atoms with Gasteiger partial charge in [-0.05, 0) is 13.0 Å². The Bertz CT molecular complexity index is 438. The van der Waals surface area contributed by atoms with Gasteiger partial charge in [-0.2, -0.15) is 13.2 Å². The first-order chi connectivity index (χ1) is 7.71. The summed E-state index contributed by atoms with van der Waals surface area (Å²) in [5.41, 5.74) is 1.44. The Morgan fingerprint density at radius 2 is 1.29 bits per heavy atom. The molecule has 0 heterocycles. The van der Waals surface area contributed by atoms with Crippen LogP contribution in [0.15, 0.2) is 0 Å². The molecule has 1 aromatic carbocycles. The smallest absolute Gasteiger partial charge is 0.330 e. The monoisotopic (exact) mass is 261 g/mol. The van der Waals surface area contributed by atoms with Gasteiger partial charge < -0.3 is 5.73 Å². The predicted molar refractivity (Wildman–Crippen MR) is 44.0 cm³/mol. The van der Waals surface area contributed by atoms with Crippen molar-refractivity contribution in [1.82, 2.24) is 0 Å². The molecule has 0 spiro atoms. The van der Waals surface area contributed by atoms with E-state index >= 15 is 0 Å². The molecule has 0 radical (unpaired) electrons. The zero-order valence-corrected chi connectivity index (χ0v) is 8.14. The zero-order valence-electron chi connectivity index (χ0n) is 8.14. The van der Waals surface area contributed by atoms with Crippen LogP contribution in [0, 0.1) is 23.3 Å². The van der Waals surface area contributed by atoms with Crippen LogP contribution in [0.2, 0.25) is 0 Å². The van der Waals surface area contributed by atoms with Crippen molar-refractivity contribution in [2.75, 3.05) is 6.54 Å². The Morgan fingerprint density at radius 1 is 0.824 bits per heavy atom. The van der Waals surface area contributed by atoms with Crippen molar-refractivity contribution in [2.45, 2.75) is 12.6 Å². The Hall–Kier alpha value is -1.31. The minimum absolute atomic E-state index is 0.468. The molecule has 0 aliphatic carbocycles. The van der Waals surface area contributed by atoms with Crippen LogP contribution in [0.5, 0.6) is 0 Å². The van der Waals surface area contributed by atoms with E-state index in [1.807, 2.05) is 0 Å². The Balaban J connectivity index is 3.66. The van der Waals surface area contributed by atoms with Crippen LogP contribution in [0.3, 0.4) is 0 Å². The highest BCUT2D eigenvalue weighted by atomic mass is 19.4. The lowest BCUT2D eigenvalue weighted by molar-refractivity contribution is -0.141. The molecule has 0 aliphatic rings. The van der Waals surface area contributed by atoms with Gasteiger partial charge in [0.2, 0.25) is 0 Å². The van der Waals surface area contributed by atoms with E-state index in [0.29, 0.717) is 0 Å². The molecule has 0 unspecified atom stereocenters. The molecule has 0 atom stereocenters. The molecule has 2 N–H and O–H groups in total. The molecular formula is C9H6F7N. The highest BCUT2D eigenvalue weighted by molar-refractivity contribution is 5.34. The van der Waals surface area contributed by atoms with Crippen molar-refractivity contribution >= 4 is 0 Å². The summed E-state index contributed by atoms with van der Waals surface area (Å²) in [4.78, 5) is 0. The van der Waals surface area contributed by atoms with E-state index in [1.165, 1.54) is 0 Å². The fourth-order valence-electron chi connectivity index (χ4n) is 1.35. The second-order valence-electron chi connectivity index (χ2n) is 3.15. The highest BCUT2D eigenvalue weighted by Crippen LogP contribution is 2.37. The van der Waals surface area contributed by atoms with Crippen LogP contribution in [0.4, 0.5) is 30.7 Å². The second kappa shape index (κ2) is 4.52. The summed E-state index contributed by atoms with van der Waals surface area (Å²) < 4.78 is 88.7. The Kier molecular flexibility index (Phi) is 3.65. The molecule has 0 saturated heterocycles. The SMILES string of the molecule is NCCc1c(F)c(F)c(F)c(F)c1C(F)(F)F. The third kappa shape index (κ3) is 2.36. The number of hydrogen-bond donors (Lipinski definition) is 1. The number of rotatable bonds is 2. The van der Waals surface area contributed by atoms with Gasteiger partial charge in [-0.25, -0.2) is 17.6 Å². The van der Waals surface area contributed by atoms with Crippen molar-refractivity contribution in [3.63, 3.8) is 0 Å². The molecule has 96 valence electrons. The van der Waals surface area contributed by atoms with Gasteiger partial charge in [0, 0.05) is 5.56 Å². The first-order valence-electron chi connectivity index (χ1n) is 4.33. The Labute approximate surface area is 91.0 Å². The second-order valence-corrected chi connectivity index (χ2v) is 3.15. The van der Waals surface area contributed by atoms with E-state index in [-0.39, 0.29) is 0 Å². The molecule has 0 fully saturated rings. The normalized spacial score (nSPS) is 12.0. The standard InChI is InChI=1S/C9H6F7N/c10-5-3(1-2-17)4(9(14,15)16)6(11)8(13)7(5)12/h1-2,17H2. The van der Waals surface area contributed by atoms with E-state index in [9.17, 15) is 30.7 Å². The van der Waals surface area contributed by atoms with Gasteiger partial charge in [-0.15, -0.1) is 0 Å². The minimum atomic E-state index is -5.33. The molecule has 0 aromatic heterocycles. The molecule has 1 nitrogen and oxygen atoms in total. The van der Waals surface area contributed by atoms with Crippen LogP contribution >= 0.6 is 0 Å². The first-order valence-corrected chi connectivity index (χ1v) is 4.33. The first kappa shape index (κ1) is 13.8. The van der Waals surface area contributed by atoms with Gasteiger partial charge in [0.1, 0.15) is 5.56 Å². The summed E-state index contributed by atoms with van der Waals surface area (Å²) >= 11 is 0. The zero-order chi connectivity index (χ0) is 13.4. The van der Waals surface area contributed by atoms with E-state index in [0.717, 1.165) is 0 Å². The van der Waals surface area contributed by atoms with Crippen LogP contribution in [0.1, 0.15) is 11.1 Å². The van der Waals surface area contributed by atoms with Crippen LogP contribution in [-0.2, 0) is 12.6 Å². The summed E-state index contributed by atoms with van der Waals surface area (Å²) in [6, 6.07) is 0. The maximum absolute atomic E-state index is 13.1. The van der Waals surface area contributed by atoms with Crippen LogP contribution in [0.25, 0.3) is 0 Å². The van der Waals surface area contributed by atoms with Crippen molar-refractivity contribution in [3.8, 4) is 0 Å². The quantitative estimate of drug-likeness (QED) is 0.494. The van der Waals surface area contributed by atoms with Crippen LogP contribution < -0.4 is 5.73 Å². The lowest BCUT2D eigenvalue weighted by Gasteiger charge is -2.15. The average Bonchev–Trinajstić information content (AvgIpc) is 2.21. The summed E-state index contributed by atoms with van der Waals surface area (Å²) in [7, 11) is 0. The fraction of sp³-hybridized carbons (Fsp3) is 0.333. The average molecular weight is 261 g/mol. The Morgan fingerprint density at radius 3 is 1.71 bits per heavy atom. The summed E-state index contributed by atoms with van der Waals surface area (Å²) in [5.74, 6) is -9.30. The molecule has 17 heavy (non-hydrogen) atoms. The van der Waals surface area contributed by atoms with Crippen LogP contribution in [-0.4, -0.2) is 6.54 Å². The molecular weight excluding hydrogens is 255 g/mol. The summed E-state index contributed by atoms with van der Waals surface area (Å²) in [6.07, 6.45) is -6.08. The number of alkyl halides is 3. The number of nitrogens with two attached hydrogens (primary N) is 1. The van der Waals surface area contributed by atoms with Crippen molar-refractivity contribution in [3.05, 3.63) is 34.4 Å². The maximum Gasteiger partial charge on any atom is 0.419 e. The number of hydrogen-bond acceptors (Lipinski definition) is 1.